The number of amides is 1. The smallest absolute Gasteiger partial charge is 0.303 e. The second-order valence-electron chi connectivity index (χ2n) is 7.45. The van der Waals surface area contributed by atoms with Crippen LogP contribution in [0.3, 0.4) is 0 Å². The maximum atomic E-state index is 14.3. The molecule has 0 fully saturated rings. The van der Waals surface area contributed by atoms with Gasteiger partial charge >= 0.3 is 10.2 Å². The number of rotatable bonds is 8. The molecule has 0 aliphatic heterocycles. The van der Waals surface area contributed by atoms with Crippen LogP contribution in [-0.4, -0.2) is 38.8 Å². The lowest BCUT2D eigenvalue weighted by atomic mass is 10.1. The van der Waals surface area contributed by atoms with E-state index in [1.54, 1.807) is 30.3 Å². The monoisotopic (exact) mass is 421 g/mol. The topological polar surface area (TPSA) is 69.7 Å². The zero-order chi connectivity index (χ0) is 21.8. The highest BCUT2D eigenvalue weighted by atomic mass is 32.2. The number of para-hydroxylation sites is 1. The molecule has 2 aromatic carbocycles. The van der Waals surface area contributed by atoms with Gasteiger partial charge in [0.05, 0.1) is 12.2 Å². The van der Waals surface area contributed by atoms with Crippen molar-refractivity contribution in [1.29, 1.82) is 0 Å². The molecule has 29 heavy (non-hydrogen) atoms. The zero-order valence-corrected chi connectivity index (χ0v) is 18.2. The molecule has 1 amide bonds. The number of carbonyl (C=O) groups excluding carboxylic acids is 1. The van der Waals surface area contributed by atoms with E-state index in [-0.39, 0.29) is 24.2 Å². The third-order valence-corrected chi connectivity index (χ3v) is 6.57. The van der Waals surface area contributed by atoms with E-state index in [2.05, 4.69) is 5.32 Å². The fraction of sp³-hybridized carbons (Fsp3) is 0.381. The minimum absolute atomic E-state index is 0.0314. The molecule has 0 unspecified atom stereocenters. The highest BCUT2D eigenvalue weighted by Gasteiger charge is 2.27. The SMILES string of the molecule is CC(C)[C@H](C)NC(=O)c1ccc(CN(c2ccccc2F)S(=O)(=O)N(C)C)cc1. The first-order valence-electron chi connectivity index (χ1n) is 9.38. The highest BCUT2D eigenvalue weighted by molar-refractivity contribution is 7.90. The molecule has 0 saturated carbocycles. The molecule has 0 radical (unpaired) electrons. The molecule has 0 aliphatic rings. The Labute approximate surface area is 172 Å². The second-order valence-corrected chi connectivity index (χ2v) is 9.52. The second kappa shape index (κ2) is 9.37. The van der Waals surface area contributed by atoms with E-state index in [1.165, 1.54) is 32.3 Å². The van der Waals surface area contributed by atoms with Crippen LogP contribution in [0, 0.1) is 11.7 Å². The minimum atomic E-state index is -3.92. The highest BCUT2D eigenvalue weighted by Crippen LogP contribution is 2.25. The zero-order valence-electron chi connectivity index (χ0n) is 17.4. The van der Waals surface area contributed by atoms with Gasteiger partial charge in [-0.05, 0) is 42.7 Å². The van der Waals surface area contributed by atoms with E-state index >= 15 is 0 Å². The molecule has 0 bridgehead atoms. The molecule has 0 spiro atoms. The Kier molecular flexibility index (Phi) is 7.37. The minimum Gasteiger partial charge on any atom is -0.349 e. The molecule has 1 N–H and O–H groups in total. The number of nitrogens with zero attached hydrogens (tertiary/aromatic N) is 2. The van der Waals surface area contributed by atoms with Crippen LogP contribution in [0.15, 0.2) is 48.5 Å². The van der Waals surface area contributed by atoms with Crippen LogP contribution in [0.5, 0.6) is 0 Å². The van der Waals surface area contributed by atoms with Crippen molar-refractivity contribution in [2.24, 2.45) is 5.92 Å². The Bertz CT molecular complexity index is 944. The van der Waals surface area contributed by atoms with Gasteiger partial charge in [0.2, 0.25) is 0 Å². The van der Waals surface area contributed by atoms with Gasteiger partial charge in [0.25, 0.3) is 5.91 Å². The molecule has 6 nitrogen and oxygen atoms in total. The van der Waals surface area contributed by atoms with Crippen LogP contribution >= 0.6 is 0 Å². The molecule has 158 valence electrons. The molecule has 0 saturated heterocycles. The first-order chi connectivity index (χ1) is 13.5. The average molecular weight is 422 g/mol. The van der Waals surface area contributed by atoms with Gasteiger partial charge in [-0.1, -0.05) is 38.1 Å². The van der Waals surface area contributed by atoms with Gasteiger partial charge in [0.15, 0.2) is 0 Å². The number of carbonyl (C=O) groups is 1. The molecule has 2 aromatic rings. The lowest BCUT2D eigenvalue weighted by Gasteiger charge is -2.27. The fourth-order valence-electron chi connectivity index (χ4n) is 2.53. The summed E-state index contributed by atoms with van der Waals surface area (Å²) in [5.74, 6) is -0.509. The van der Waals surface area contributed by atoms with Crippen molar-refractivity contribution in [3.63, 3.8) is 0 Å². The predicted octanol–water partition coefficient (Wildman–Crippen LogP) is 3.41. The van der Waals surface area contributed by atoms with Crippen LogP contribution in [-0.2, 0) is 16.8 Å². The molecular weight excluding hydrogens is 393 g/mol. The Hall–Kier alpha value is -2.45. The first-order valence-corrected chi connectivity index (χ1v) is 10.8. The molecule has 0 aliphatic carbocycles. The number of anilines is 1. The Morgan fingerprint density at radius 1 is 1.03 bits per heavy atom. The van der Waals surface area contributed by atoms with E-state index in [4.69, 9.17) is 0 Å². The number of nitrogens with one attached hydrogen (secondary N) is 1. The first kappa shape index (κ1) is 22.8. The van der Waals surface area contributed by atoms with Crippen LogP contribution in [0.2, 0.25) is 0 Å². The normalized spacial score (nSPS) is 12.8. The van der Waals surface area contributed by atoms with Crippen LogP contribution in [0.4, 0.5) is 10.1 Å². The number of benzene rings is 2. The molecule has 8 heteroatoms. The quantitative estimate of drug-likeness (QED) is 0.710. The van der Waals surface area contributed by atoms with E-state index in [0.717, 1.165) is 8.61 Å². The van der Waals surface area contributed by atoms with Crippen LogP contribution in [0.25, 0.3) is 0 Å². The Balaban J connectivity index is 2.28. The summed E-state index contributed by atoms with van der Waals surface area (Å²) in [6.45, 7) is 5.92. The molecule has 0 aromatic heterocycles. The van der Waals surface area contributed by atoms with E-state index in [1.807, 2.05) is 20.8 Å². The van der Waals surface area contributed by atoms with E-state index in [9.17, 15) is 17.6 Å². The van der Waals surface area contributed by atoms with Crippen molar-refractivity contribution < 1.29 is 17.6 Å². The molecule has 1 atom stereocenters. The number of halogens is 1. The summed E-state index contributed by atoms with van der Waals surface area (Å²) in [5, 5.41) is 2.93. The number of hydrogen-bond acceptors (Lipinski definition) is 3. The average Bonchev–Trinajstić information content (AvgIpc) is 2.66. The predicted molar refractivity (Wildman–Crippen MR) is 113 cm³/mol. The van der Waals surface area contributed by atoms with Crippen molar-refractivity contribution in [2.45, 2.75) is 33.4 Å². The summed E-state index contributed by atoms with van der Waals surface area (Å²) in [6.07, 6.45) is 0. The summed E-state index contributed by atoms with van der Waals surface area (Å²) in [5.41, 5.74) is 1.08. The summed E-state index contributed by atoms with van der Waals surface area (Å²) >= 11 is 0. The standard InChI is InChI=1S/C21H28FN3O3S/c1-15(2)16(3)23-21(26)18-12-10-17(11-13-18)14-25(29(27,28)24(4)5)20-9-7-6-8-19(20)22/h6-13,15-16H,14H2,1-5H3,(H,23,26)/t16-/m0/s1. The lowest BCUT2D eigenvalue weighted by Crippen LogP contribution is -2.40. The van der Waals surface area contributed by atoms with Gasteiger partial charge in [-0.25, -0.2) is 4.39 Å². The maximum Gasteiger partial charge on any atom is 0.303 e. The van der Waals surface area contributed by atoms with E-state index < -0.39 is 16.0 Å². The van der Waals surface area contributed by atoms with Gasteiger partial charge in [-0.2, -0.15) is 12.7 Å². The van der Waals surface area contributed by atoms with Gasteiger partial charge in [0.1, 0.15) is 5.82 Å². The van der Waals surface area contributed by atoms with Crippen LogP contribution in [0.1, 0.15) is 36.7 Å². The van der Waals surface area contributed by atoms with Crippen molar-refractivity contribution >= 4 is 21.8 Å². The molecular formula is C21H28FN3O3S. The molecule has 2 rings (SSSR count). The van der Waals surface area contributed by atoms with Gasteiger partial charge in [0, 0.05) is 25.7 Å². The summed E-state index contributed by atoms with van der Waals surface area (Å²) in [4.78, 5) is 12.3. The Morgan fingerprint density at radius 3 is 2.14 bits per heavy atom. The van der Waals surface area contributed by atoms with Crippen LogP contribution < -0.4 is 9.62 Å². The van der Waals surface area contributed by atoms with Crippen molar-refractivity contribution in [3.8, 4) is 0 Å². The maximum absolute atomic E-state index is 14.3. The lowest BCUT2D eigenvalue weighted by molar-refractivity contribution is 0.0930. The summed E-state index contributed by atoms with van der Waals surface area (Å²) < 4.78 is 41.9. The third-order valence-electron chi connectivity index (χ3n) is 4.76. The van der Waals surface area contributed by atoms with Crippen molar-refractivity contribution in [3.05, 3.63) is 65.5 Å². The molecule has 0 heterocycles. The summed E-state index contributed by atoms with van der Waals surface area (Å²) in [6, 6.07) is 12.4. The van der Waals surface area contributed by atoms with Crippen molar-refractivity contribution in [2.75, 3.05) is 18.4 Å². The fourth-order valence-corrected chi connectivity index (χ4v) is 3.63. The third kappa shape index (κ3) is 5.55. The van der Waals surface area contributed by atoms with Gasteiger partial charge in [-0.15, -0.1) is 0 Å². The van der Waals surface area contributed by atoms with E-state index in [0.29, 0.717) is 17.0 Å². The van der Waals surface area contributed by atoms with Gasteiger partial charge in [-0.3, -0.25) is 9.10 Å². The largest absolute Gasteiger partial charge is 0.349 e. The number of hydrogen-bond donors (Lipinski definition) is 1. The van der Waals surface area contributed by atoms with Crippen molar-refractivity contribution in [1.82, 2.24) is 9.62 Å². The Morgan fingerprint density at radius 2 is 1.62 bits per heavy atom. The van der Waals surface area contributed by atoms with Gasteiger partial charge < -0.3 is 5.32 Å². The summed E-state index contributed by atoms with van der Waals surface area (Å²) in [7, 11) is -1.13.